The van der Waals surface area contributed by atoms with Gasteiger partial charge in [0.2, 0.25) is 0 Å². The number of nitro groups is 1. The van der Waals surface area contributed by atoms with Gasteiger partial charge in [-0.05, 0) is 37.9 Å². The van der Waals surface area contributed by atoms with Gasteiger partial charge in [-0.25, -0.2) is 4.79 Å². The molecule has 0 aromatic heterocycles. The van der Waals surface area contributed by atoms with Gasteiger partial charge in [0.1, 0.15) is 0 Å². The fourth-order valence-electron chi connectivity index (χ4n) is 1.06. The Labute approximate surface area is 106 Å². The van der Waals surface area contributed by atoms with Crippen molar-refractivity contribution in [3.8, 4) is 0 Å². The number of carboxylic acids is 1. The summed E-state index contributed by atoms with van der Waals surface area (Å²) in [6, 6.07) is 2.33. The molecule has 0 aliphatic carbocycles. The van der Waals surface area contributed by atoms with E-state index in [1.165, 1.54) is 6.07 Å². The number of aliphatic hydroxyl groups excluding tert-OH is 1. The molecule has 0 saturated heterocycles. The van der Waals surface area contributed by atoms with E-state index in [2.05, 4.69) is 31.9 Å². The Bertz CT molecular complexity index is 462. The Morgan fingerprint density at radius 3 is 2.31 bits per heavy atom. The average molecular weight is 355 g/mol. The van der Waals surface area contributed by atoms with E-state index in [1.54, 1.807) is 0 Å². The molecule has 0 aliphatic heterocycles. The fourth-order valence-corrected chi connectivity index (χ4v) is 1.75. The first-order valence-corrected chi connectivity index (χ1v) is 5.47. The molecule has 0 radical (unpaired) electrons. The predicted molar refractivity (Wildman–Crippen MR) is 61.1 cm³/mol. The molecule has 0 saturated carbocycles. The largest absolute Gasteiger partial charge is 0.479 e. The number of aliphatic hydroxyl groups is 1. The summed E-state index contributed by atoms with van der Waals surface area (Å²) in [5.74, 6) is -1.54. The van der Waals surface area contributed by atoms with Crippen LogP contribution in [-0.4, -0.2) is 21.1 Å². The molecule has 0 heterocycles. The lowest BCUT2D eigenvalue weighted by molar-refractivity contribution is -0.386. The number of hydrogen-bond acceptors (Lipinski definition) is 4. The van der Waals surface area contributed by atoms with Crippen LogP contribution in [0.2, 0.25) is 0 Å². The van der Waals surface area contributed by atoms with Crippen LogP contribution in [0.25, 0.3) is 0 Å². The molecule has 8 heteroatoms. The lowest BCUT2D eigenvalue weighted by Gasteiger charge is -2.08. The molecule has 2 N–H and O–H groups in total. The minimum absolute atomic E-state index is 0.271. The molecular weight excluding hydrogens is 350 g/mol. The van der Waals surface area contributed by atoms with Gasteiger partial charge in [0.25, 0.3) is 5.69 Å². The summed E-state index contributed by atoms with van der Waals surface area (Å²) in [7, 11) is 0. The molecule has 1 rings (SSSR count). The maximum Gasteiger partial charge on any atom is 0.337 e. The van der Waals surface area contributed by atoms with E-state index in [4.69, 9.17) is 5.11 Å². The van der Waals surface area contributed by atoms with Crippen molar-refractivity contribution in [2.45, 2.75) is 6.10 Å². The van der Waals surface area contributed by atoms with Gasteiger partial charge in [-0.2, -0.15) is 0 Å². The number of aliphatic carboxylic acids is 1. The minimum Gasteiger partial charge on any atom is -0.479 e. The minimum atomic E-state index is -1.93. The van der Waals surface area contributed by atoms with Crippen molar-refractivity contribution >= 4 is 43.5 Å². The quantitative estimate of drug-likeness (QED) is 0.640. The van der Waals surface area contributed by atoms with Crippen LogP contribution in [0.4, 0.5) is 5.69 Å². The average Bonchev–Trinajstić information content (AvgIpc) is 2.19. The number of carbonyl (C=O) groups is 1. The molecule has 16 heavy (non-hydrogen) atoms. The van der Waals surface area contributed by atoms with Gasteiger partial charge in [-0.1, -0.05) is 0 Å². The Morgan fingerprint density at radius 2 is 1.88 bits per heavy atom. The van der Waals surface area contributed by atoms with Crippen molar-refractivity contribution in [3.05, 3.63) is 36.8 Å². The lowest BCUT2D eigenvalue weighted by Crippen LogP contribution is -2.12. The van der Waals surface area contributed by atoms with Gasteiger partial charge in [-0.15, -0.1) is 0 Å². The Balaban J connectivity index is 3.41. The predicted octanol–water partition coefficient (Wildman–Crippen LogP) is 2.24. The van der Waals surface area contributed by atoms with Gasteiger partial charge < -0.3 is 10.2 Å². The van der Waals surface area contributed by atoms with Crippen LogP contribution in [0.15, 0.2) is 21.1 Å². The van der Waals surface area contributed by atoms with Crippen molar-refractivity contribution in [2.24, 2.45) is 0 Å². The first kappa shape index (κ1) is 13.1. The van der Waals surface area contributed by atoms with E-state index in [0.29, 0.717) is 8.95 Å². The number of benzene rings is 1. The third-order valence-corrected chi connectivity index (χ3v) is 3.64. The van der Waals surface area contributed by atoms with E-state index in [9.17, 15) is 20.0 Å². The fraction of sp³-hybridized carbons (Fsp3) is 0.125. The van der Waals surface area contributed by atoms with E-state index in [0.717, 1.165) is 6.07 Å². The van der Waals surface area contributed by atoms with Gasteiger partial charge >= 0.3 is 5.97 Å². The molecule has 1 unspecified atom stereocenters. The second-order valence-electron chi connectivity index (χ2n) is 2.82. The van der Waals surface area contributed by atoms with Crippen molar-refractivity contribution in [1.82, 2.24) is 0 Å². The van der Waals surface area contributed by atoms with E-state index in [1.807, 2.05) is 0 Å². The summed E-state index contributed by atoms with van der Waals surface area (Å²) < 4.78 is 0.828. The maximum atomic E-state index is 10.7. The third-order valence-electron chi connectivity index (χ3n) is 1.79. The number of halogens is 2. The van der Waals surface area contributed by atoms with Crippen LogP contribution in [0, 0.1) is 10.1 Å². The highest BCUT2D eigenvalue weighted by atomic mass is 79.9. The highest BCUT2D eigenvalue weighted by molar-refractivity contribution is 9.13. The number of carboxylic acid groups (broad SMARTS) is 1. The van der Waals surface area contributed by atoms with Crippen molar-refractivity contribution in [1.29, 1.82) is 0 Å². The molecule has 0 aliphatic rings. The Hall–Kier alpha value is -0.990. The van der Waals surface area contributed by atoms with Crippen LogP contribution in [0.5, 0.6) is 0 Å². The number of nitrogens with zero attached hydrogens (tertiary/aromatic N) is 1. The van der Waals surface area contributed by atoms with E-state index >= 15 is 0 Å². The van der Waals surface area contributed by atoms with Crippen LogP contribution in [0.1, 0.15) is 11.7 Å². The van der Waals surface area contributed by atoms with Gasteiger partial charge in [0, 0.05) is 15.0 Å². The summed E-state index contributed by atoms with van der Waals surface area (Å²) in [6.07, 6.45) is -1.93. The first-order valence-electron chi connectivity index (χ1n) is 3.88. The normalized spacial score (nSPS) is 12.2. The van der Waals surface area contributed by atoms with Crippen LogP contribution in [0.3, 0.4) is 0 Å². The monoisotopic (exact) mass is 353 g/mol. The zero-order chi connectivity index (χ0) is 12.5. The zero-order valence-electron chi connectivity index (χ0n) is 7.55. The van der Waals surface area contributed by atoms with Crippen molar-refractivity contribution < 1.29 is 19.9 Å². The van der Waals surface area contributed by atoms with Crippen molar-refractivity contribution in [2.75, 3.05) is 0 Å². The molecular formula is C8H5Br2NO5. The standard InChI is InChI=1S/C8H5Br2NO5/c9-4-1-3(7(12)8(13)14)6(11(15)16)2-5(4)10/h1-2,7,12H,(H,13,14). The highest BCUT2D eigenvalue weighted by Crippen LogP contribution is 2.34. The summed E-state index contributed by atoms with van der Waals surface area (Å²) in [5, 5.41) is 28.6. The van der Waals surface area contributed by atoms with Gasteiger partial charge in [0.15, 0.2) is 6.10 Å². The summed E-state index contributed by atoms with van der Waals surface area (Å²) in [4.78, 5) is 20.5. The number of rotatable bonds is 3. The second kappa shape index (κ2) is 4.89. The highest BCUT2D eigenvalue weighted by Gasteiger charge is 2.27. The second-order valence-corrected chi connectivity index (χ2v) is 4.53. The maximum absolute atomic E-state index is 10.7. The van der Waals surface area contributed by atoms with Crippen LogP contribution >= 0.6 is 31.9 Å². The smallest absolute Gasteiger partial charge is 0.337 e. The van der Waals surface area contributed by atoms with E-state index in [-0.39, 0.29) is 5.56 Å². The molecule has 0 spiro atoms. The lowest BCUT2D eigenvalue weighted by atomic mass is 10.1. The van der Waals surface area contributed by atoms with Crippen LogP contribution < -0.4 is 0 Å². The topological polar surface area (TPSA) is 101 Å². The molecule has 6 nitrogen and oxygen atoms in total. The third kappa shape index (κ3) is 2.57. The Kier molecular flexibility index (Phi) is 4.00. The van der Waals surface area contributed by atoms with Crippen LogP contribution in [-0.2, 0) is 4.79 Å². The molecule has 1 aromatic carbocycles. The first-order chi connectivity index (χ1) is 7.34. The number of nitro benzene ring substituents is 1. The summed E-state index contributed by atoms with van der Waals surface area (Å²) >= 11 is 6.13. The summed E-state index contributed by atoms with van der Waals surface area (Å²) in [5.41, 5.74) is -0.724. The molecule has 1 atom stereocenters. The molecule has 0 bridgehead atoms. The number of hydrogen-bond donors (Lipinski definition) is 2. The Morgan fingerprint density at radius 1 is 1.38 bits per heavy atom. The molecule has 1 aromatic rings. The van der Waals surface area contributed by atoms with Gasteiger partial charge in [0.05, 0.1) is 10.5 Å². The van der Waals surface area contributed by atoms with E-state index < -0.39 is 22.7 Å². The van der Waals surface area contributed by atoms with Gasteiger partial charge in [-0.3, -0.25) is 10.1 Å². The summed E-state index contributed by atoms with van der Waals surface area (Å²) in [6.45, 7) is 0. The zero-order valence-corrected chi connectivity index (χ0v) is 10.7. The SMILES string of the molecule is O=C(O)C(O)c1cc(Br)c(Br)cc1[N+](=O)[O-]. The van der Waals surface area contributed by atoms with Crippen molar-refractivity contribution in [3.63, 3.8) is 0 Å². The molecule has 0 fully saturated rings. The molecule has 0 amide bonds. The molecule has 86 valence electrons.